The molecular weight excluding hydrogens is 278 g/mol. The Labute approximate surface area is 130 Å². The van der Waals surface area contributed by atoms with E-state index >= 15 is 0 Å². The molecule has 2 aromatic rings. The molecule has 2 aromatic heterocycles. The quantitative estimate of drug-likeness (QED) is 0.915. The van der Waals surface area contributed by atoms with E-state index in [1.54, 1.807) is 19.5 Å². The lowest BCUT2D eigenvalue weighted by Gasteiger charge is -2.27. The number of nitrogens with zero attached hydrogens (tertiary/aromatic N) is 4. The standard InChI is InChI=1S/C16H21N5O/c1-22-16-12-17-11-14(20-16)18-9-13-5-6-15(19-10-13)21-7-3-2-4-8-21/h5-6,10-12H,2-4,7-9H2,1H3,(H,18,20). The van der Waals surface area contributed by atoms with E-state index in [2.05, 4.69) is 37.3 Å². The first kappa shape index (κ1) is 14.6. The van der Waals surface area contributed by atoms with Crippen molar-refractivity contribution < 1.29 is 4.74 Å². The highest BCUT2D eigenvalue weighted by Gasteiger charge is 2.11. The van der Waals surface area contributed by atoms with Gasteiger partial charge in [0.15, 0.2) is 0 Å². The number of nitrogens with one attached hydrogen (secondary N) is 1. The van der Waals surface area contributed by atoms with E-state index in [1.165, 1.54) is 19.3 Å². The van der Waals surface area contributed by atoms with Gasteiger partial charge in [-0.3, -0.25) is 4.98 Å². The second-order valence-electron chi connectivity index (χ2n) is 5.37. The fraction of sp³-hybridized carbons (Fsp3) is 0.438. The largest absolute Gasteiger partial charge is 0.480 e. The van der Waals surface area contributed by atoms with Crippen LogP contribution in [0.1, 0.15) is 24.8 Å². The molecule has 1 aliphatic rings. The predicted molar refractivity (Wildman–Crippen MR) is 86.2 cm³/mol. The summed E-state index contributed by atoms with van der Waals surface area (Å²) in [5.41, 5.74) is 1.12. The number of aromatic nitrogens is 3. The molecule has 0 unspecified atom stereocenters. The minimum absolute atomic E-state index is 0.503. The van der Waals surface area contributed by atoms with Crippen LogP contribution in [0.2, 0.25) is 0 Å². The zero-order valence-electron chi connectivity index (χ0n) is 12.8. The summed E-state index contributed by atoms with van der Waals surface area (Å²) < 4.78 is 5.06. The topological polar surface area (TPSA) is 63.2 Å². The first-order chi connectivity index (χ1) is 10.8. The van der Waals surface area contributed by atoms with E-state index in [4.69, 9.17) is 4.74 Å². The summed E-state index contributed by atoms with van der Waals surface area (Å²) in [5.74, 6) is 2.27. The van der Waals surface area contributed by atoms with Gasteiger partial charge in [0, 0.05) is 25.8 Å². The predicted octanol–water partition coefficient (Wildman–Crippen LogP) is 2.48. The summed E-state index contributed by atoms with van der Waals surface area (Å²) in [5, 5.41) is 3.23. The number of methoxy groups -OCH3 is 1. The van der Waals surface area contributed by atoms with Gasteiger partial charge < -0.3 is 15.0 Å². The van der Waals surface area contributed by atoms with E-state index in [-0.39, 0.29) is 0 Å². The van der Waals surface area contributed by atoms with Gasteiger partial charge >= 0.3 is 0 Å². The van der Waals surface area contributed by atoms with Crippen molar-refractivity contribution in [3.8, 4) is 5.88 Å². The van der Waals surface area contributed by atoms with Gasteiger partial charge in [-0.25, -0.2) is 4.98 Å². The Morgan fingerprint density at radius 2 is 2.00 bits per heavy atom. The fourth-order valence-corrected chi connectivity index (χ4v) is 2.56. The first-order valence-corrected chi connectivity index (χ1v) is 7.65. The van der Waals surface area contributed by atoms with Gasteiger partial charge in [-0.15, -0.1) is 0 Å². The van der Waals surface area contributed by atoms with Crippen molar-refractivity contribution in [3.05, 3.63) is 36.3 Å². The number of piperidine rings is 1. The van der Waals surface area contributed by atoms with Crippen molar-refractivity contribution in [2.75, 3.05) is 30.4 Å². The van der Waals surface area contributed by atoms with Crippen LogP contribution >= 0.6 is 0 Å². The molecule has 0 saturated carbocycles. The molecule has 1 aliphatic heterocycles. The molecule has 0 amide bonds. The van der Waals surface area contributed by atoms with Crippen molar-refractivity contribution in [3.63, 3.8) is 0 Å². The molecule has 0 aliphatic carbocycles. The maximum Gasteiger partial charge on any atom is 0.233 e. The molecule has 6 heteroatoms. The highest BCUT2D eigenvalue weighted by Crippen LogP contribution is 2.18. The monoisotopic (exact) mass is 299 g/mol. The van der Waals surface area contributed by atoms with Crippen molar-refractivity contribution in [2.45, 2.75) is 25.8 Å². The third-order valence-corrected chi connectivity index (χ3v) is 3.78. The smallest absolute Gasteiger partial charge is 0.233 e. The zero-order valence-corrected chi connectivity index (χ0v) is 12.8. The van der Waals surface area contributed by atoms with Gasteiger partial charge in [0.1, 0.15) is 11.6 Å². The molecule has 0 aromatic carbocycles. The molecule has 3 rings (SSSR count). The van der Waals surface area contributed by atoms with Crippen LogP contribution in [0, 0.1) is 0 Å². The molecular formula is C16H21N5O. The summed E-state index contributed by atoms with van der Waals surface area (Å²) in [6.45, 7) is 2.89. The van der Waals surface area contributed by atoms with Gasteiger partial charge in [-0.05, 0) is 30.9 Å². The summed E-state index contributed by atoms with van der Waals surface area (Å²) >= 11 is 0. The average Bonchev–Trinajstić information content (AvgIpc) is 2.61. The number of pyridine rings is 1. The lowest BCUT2D eigenvalue weighted by atomic mass is 10.1. The normalized spacial score (nSPS) is 14.7. The summed E-state index contributed by atoms with van der Waals surface area (Å²) in [6, 6.07) is 4.21. The Hall–Kier alpha value is -2.37. The number of anilines is 2. The van der Waals surface area contributed by atoms with Crippen LogP contribution in [-0.4, -0.2) is 35.2 Å². The minimum Gasteiger partial charge on any atom is -0.480 e. The second kappa shape index (κ2) is 7.06. The summed E-state index contributed by atoms with van der Waals surface area (Å²) in [6.07, 6.45) is 9.04. The Morgan fingerprint density at radius 1 is 1.14 bits per heavy atom. The van der Waals surface area contributed by atoms with Crippen molar-refractivity contribution in [1.29, 1.82) is 0 Å². The zero-order chi connectivity index (χ0) is 15.2. The van der Waals surface area contributed by atoms with E-state index < -0.39 is 0 Å². The molecule has 0 radical (unpaired) electrons. The van der Waals surface area contributed by atoms with Gasteiger partial charge in [-0.1, -0.05) is 6.07 Å². The van der Waals surface area contributed by atoms with Gasteiger partial charge in [0.2, 0.25) is 5.88 Å². The van der Waals surface area contributed by atoms with E-state index in [9.17, 15) is 0 Å². The van der Waals surface area contributed by atoms with Crippen LogP contribution in [0.5, 0.6) is 5.88 Å². The van der Waals surface area contributed by atoms with Crippen LogP contribution in [0.3, 0.4) is 0 Å². The molecule has 6 nitrogen and oxygen atoms in total. The molecule has 0 spiro atoms. The van der Waals surface area contributed by atoms with Crippen LogP contribution in [-0.2, 0) is 6.54 Å². The molecule has 1 fully saturated rings. The Balaban J connectivity index is 1.58. The van der Waals surface area contributed by atoms with Gasteiger partial charge in [0.05, 0.1) is 19.5 Å². The highest BCUT2D eigenvalue weighted by molar-refractivity contribution is 5.41. The Kier molecular flexibility index (Phi) is 4.68. The van der Waals surface area contributed by atoms with Crippen molar-refractivity contribution in [2.24, 2.45) is 0 Å². The van der Waals surface area contributed by atoms with Crippen LogP contribution in [0.25, 0.3) is 0 Å². The van der Waals surface area contributed by atoms with Gasteiger partial charge in [0.25, 0.3) is 0 Å². The Bertz CT molecular complexity index is 596. The maximum absolute atomic E-state index is 5.06. The van der Waals surface area contributed by atoms with Crippen LogP contribution in [0.15, 0.2) is 30.7 Å². The lowest BCUT2D eigenvalue weighted by Crippen LogP contribution is -2.30. The molecule has 1 saturated heterocycles. The molecule has 116 valence electrons. The Morgan fingerprint density at radius 3 is 2.73 bits per heavy atom. The van der Waals surface area contributed by atoms with E-state index in [1.807, 2.05) is 6.20 Å². The minimum atomic E-state index is 0.503. The molecule has 3 heterocycles. The van der Waals surface area contributed by atoms with Gasteiger partial charge in [-0.2, -0.15) is 4.98 Å². The lowest BCUT2D eigenvalue weighted by molar-refractivity contribution is 0.396. The second-order valence-corrected chi connectivity index (χ2v) is 5.37. The fourth-order valence-electron chi connectivity index (χ4n) is 2.56. The average molecular weight is 299 g/mol. The summed E-state index contributed by atoms with van der Waals surface area (Å²) in [7, 11) is 1.58. The van der Waals surface area contributed by atoms with Crippen LogP contribution in [0.4, 0.5) is 11.6 Å². The number of rotatable bonds is 5. The maximum atomic E-state index is 5.06. The number of hydrogen-bond acceptors (Lipinski definition) is 6. The molecule has 0 atom stereocenters. The SMILES string of the molecule is COc1cncc(NCc2ccc(N3CCCCC3)nc2)n1. The third-order valence-electron chi connectivity index (χ3n) is 3.78. The number of ether oxygens (including phenoxy) is 1. The van der Waals surface area contributed by atoms with Crippen LogP contribution < -0.4 is 15.0 Å². The molecule has 22 heavy (non-hydrogen) atoms. The van der Waals surface area contributed by atoms with Crippen molar-refractivity contribution >= 4 is 11.6 Å². The van der Waals surface area contributed by atoms with Crippen molar-refractivity contribution in [1.82, 2.24) is 15.0 Å². The highest BCUT2D eigenvalue weighted by atomic mass is 16.5. The first-order valence-electron chi connectivity index (χ1n) is 7.65. The molecule has 1 N–H and O–H groups in total. The number of hydrogen-bond donors (Lipinski definition) is 1. The third kappa shape index (κ3) is 3.63. The summed E-state index contributed by atoms with van der Waals surface area (Å²) in [4.78, 5) is 15.3. The van der Waals surface area contributed by atoms with E-state index in [0.717, 1.165) is 24.5 Å². The van der Waals surface area contributed by atoms with E-state index in [0.29, 0.717) is 18.2 Å². The molecule has 0 bridgehead atoms.